The molecule has 0 aliphatic heterocycles. The largest absolute Gasteiger partial charge is 0.497 e. The zero-order valence-corrected chi connectivity index (χ0v) is 17.0. The number of aromatic nitrogens is 1. The van der Waals surface area contributed by atoms with E-state index < -0.39 is 10.0 Å². The maximum atomic E-state index is 12.8. The lowest BCUT2D eigenvalue weighted by atomic mass is 10.1. The second-order valence-electron chi connectivity index (χ2n) is 6.08. The number of sulfonamides is 1. The third-order valence-electron chi connectivity index (χ3n) is 4.01. The first-order valence-electron chi connectivity index (χ1n) is 8.44. The highest BCUT2D eigenvalue weighted by molar-refractivity contribution is 7.92. The smallest absolute Gasteiger partial charge is 0.261 e. The molecule has 0 unspecified atom stereocenters. The van der Waals surface area contributed by atoms with Crippen molar-refractivity contribution in [2.24, 2.45) is 0 Å². The number of nitrogens with zero attached hydrogens (tertiary/aromatic N) is 1. The molecule has 0 aliphatic rings. The van der Waals surface area contributed by atoms with Crippen LogP contribution in [0.25, 0.3) is 12.2 Å². The average Bonchev–Trinajstić information content (AvgIpc) is 2.67. The summed E-state index contributed by atoms with van der Waals surface area (Å²) in [5, 5.41) is 0.435. The molecule has 0 amide bonds. The summed E-state index contributed by atoms with van der Waals surface area (Å²) in [4.78, 5) is 4.30. The van der Waals surface area contributed by atoms with Gasteiger partial charge in [-0.25, -0.2) is 8.42 Å². The summed E-state index contributed by atoms with van der Waals surface area (Å²) in [6.07, 6.45) is 5.45. The predicted molar refractivity (Wildman–Crippen MR) is 113 cm³/mol. The third-order valence-corrected chi connectivity index (χ3v) is 5.62. The summed E-state index contributed by atoms with van der Waals surface area (Å²) in [5.41, 5.74) is 2.95. The molecule has 0 atom stereocenters. The Morgan fingerprint density at radius 3 is 2.46 bits per heavy atom. The summed E-state index contributed by atoms with van der Waals surface area (Å²) < 4.78 is 33.2. The topological polar surface area (TPSA) is 68.3 Å². The summed E-state index contributed by atoms with van der Waals surface area (Å²) in [6.45, 7) is 1.91. The maximum absolute atomic E-state index is 12.8. The van der Waals surface area contributed by atoms with Crippen LogP contribution in [0.5, 0.6) is 5.75 Å². The van der Waals surface area contributed by atoms with Gasteiger partial charge in [-0.1, -0.05) is 29.8 Å². The minimum atomic E-state index is -3.78. The quantitative estimate of drug-likeness (QED) is 0.614. The molecule has 0 saturated heterocycles. The van der Waals surface area contributed by atoms with E-state index >= 15 is 0 Å². The Labute approximate surface area is 169 Å². The van der Waals surface area contributed by atoms with Gasteiger partial charge in [0.1, 0.15) is 5.75 Å². The summed E-state index contributed by atoms with van der Waals surface area (Å²) in [6, 6.07) is 15.0. The van der Waals surface area contributed by atoms with Crippen molar-refractivity contribution in [1.29, 1.82) is 0 Å². The molecule has 0 aliphatic carbocycles. The zero-order valence-electron chi connectivity index (χ0n) is 15.4. The summed E-state index contributed by atoms with van der Waals surface area (Å²) in [5.74, 6) is 0.581. The van der Waals surface area contributed by atoms with Gasteiger partial charge in [-0.05, 0) is 66.6 Å². The van der Waals surface area contributed by atoms with Crippen molar-refractivity contribution in [3.8, 4) is 5.75 Å². The van der Waals surface area contributed by atoms with Crippen LogP contribution in [-0.2, 0) is 10.0 Å². The van der Waals surface area contributed by atoms with E-state index in [0.29, 0.717) is 22.0 Å². The lowest BCUT2D eigenvalue weighted by molar-refractivity contribution is 0.414. The molecule has 7 heteroatoms. The van der Waals surface area contributed by atoms with E-state index in [1.807, 2.05) is 31.2 Å². The lowest BCUT2D eigenvalue weighted by Gasteiger charge is -2.12. The van der Waals surface area contributed by atoms with Gasteiger partial charge < -0.3 is 4.74 Å². The molecule has 1 heterocycles. The first-order valence-corrected chi connectivity index (χ1v) is 10.3. The van der Waals surface area contributed by atoms with Gasteiger partial charge in [0.25, 0.3) is 10.0 Å². The number of rotatable bonds is 6. The molecule has 1 N–H and O–H groups in total. The van der Waals surface area contributed by atoms with Crippen LogP contribution in [0.1, 0.15) is 16.8 Å². The number of anilines is 1. The molecule has 3 aromatic rings. The van der Waals surface area contributed by atoms with E-state index in [-0.39, 0.29) is 4.90 Å². The number of ether oxygens (including phenoxy) is 1. The number of nitrogens with one attached hydrogen (secondary N) is 1. The molecule has 0 radical (unpaired) electrons. The van der Waals surface area contributed by atoms with Gasteiger partial charge in [-0.15, -0.1) is 0 Å². The second-order valence-corrected chi connectivity index (χ2v) is 8.20. The van der Waals surface area contributed by atoms with Crippen molar-refractivity contribution in [1.82, 2.24) is 4.98 Å². The molecule has 3 rings (SSSR count). The van der Waals surface area contributed by atoms with Crippen molar-refractivity contribution in [2.45, 2.75) is 11.8 Å². The third kappa shape index (κ3) is 4.91. The Hall–Kier alpha value is -2.83. The van der Waals surface area contributed by atoms with Gasteiger partial charge in [-0.2, -0.15) is 0 Å². The molecule has 28 heavy (non-hydrogen) atoms. The molecule has 0 fully saturated rings. The van der Waals surface area contributed by atoms with E-state index in [4.69, 9.17) is 16.3 Å². The molecular formula is C21H19ClN2O3S. The number of aryl methyl sites for hydroxylation is 1. The SMILES string of the molecule is COc1ccc(S(=O)(=O)Nc2cc(Cl)ccc2C=Cc2ccnc(C)c2)cc1. The van der Waals surface area contributed by atoms with Crippen LogP contribution < -0.4 is 9.46 Å². The Bertz CT molecular complexity index is 1110. The second kappa shape index (κ2) is 8.46. The number of pyridine rings is 1. The fraction of sp³-hybridized carbons (Fsp3) is 0.0952. The Balaban J connectivity index is 1.91. The molecule has 0 saturated carbocycles. The molecule has 2 aromatic carbocycles. The molecule has 1 aromatic heterocycles. The Morgan fingerprint density at radius 1 is 1.04 bits per heavy atom. The van der Waals surface area contributed by atoms with Crippen molar-refractivity contribution >= 4 is 39.5 Å². The molecule has 5 nitrogen and oxygen atoms in total. The van der Waals surface area contributed by atoms with Crippen LogP contribution in [0.15, 0.2) is 65.7 Å². The van der Waals surface area contributed by atoms with Crippen LogP contribution in [0.2, 0.25) is 5.02 Å². The lowest BCUT2D eigenvalue weighted by Crippen LogP contribution is -2.13. The minimum Gasteiger partial charge on any atom is -0.497 e. The van der Waals surface area contributed by atoms with E-state index in [1.54, 1.807) is 36.5 Å². The van der Waals surface area contributed by atoms with Gasteiger partial charge in [0.05, 0.1) is 17.7 Å². The maximum Gasteiger partial charge on any atom is 0.261 e. The number of benzene rings is 2. The van der Waals surface area contributed by atoms with Crippen LogP contribution in [-0.4, -0.2) is 20.5 Å². The van der Waals surface area contributed by atoms with Crippen molar-refractivity contribution in [3.05, 3.63) is 82.6 Å². The Kier molecular flexibility index (Phi) is 6.02. The monoisotopic (exact) mass is 414 g/mol. The highest BCUT2D eigenvalue weighted by atomic mass is 35.5. The first-order chi connectivity index (χ1) is 13.4. The number of halogens is 1. The molecule has 144 valence electrons. The highest BCUT2D eigenvalue weighted by Crippen LogP contribution is 2.26. The van der Waals surface area contributed by atoms with Crippen molar-refractivity contribution in [2.75, 3.05) is 11.8 Å². The fourth-order valence-electron chi connectivity index (χ4n) is 2.58. The normalized spacial score (nSPS) is 11.5. The van der Waals surface area contributed by atoms with Crippen LogP contribution in [0, 0.1) is 6.92 Å². The number of hydrogen-bond acceptors (Lipinski definition) is 4. The average molecular weight is 415 g/mol. The van der Waals surface area contributed by atoms with Crippen LogP contribution >= 0.6 is 11.6 Å². The fourth-order valence-corrected chi connectivity index (χ4v) is 3.83. The van der Waals surface area contributed by atoms with E-state index in [2.05, 4.69) is 9.71 Å². The predicted octanol–water partition coefficient (Wildman–Crippen LogP) is 5.02. The van der Waals surface area contributed by atoms with E-state index in [1.165, 1.54) is 19.2 Å². The highest BCUT2D eigenvalue weighted by Gasteiger charge is 2.16. The minimum absolute atomic E-state index is 0.132. The van der Waals surface area contributed by atoms with E-state index in [0.717, 1.165) is 11.3 Å². The first kappa shape index (κ1) is 19.9. The summed E-state index contributed by atoms with van der Waals surface area (Å²) in [7, 11) is -2.25. The standard InChI is InChI=1S/C21H19ClN2O3S/c1-15-13-16(11-12-23-15)3-4-17-5-6-18(22)14-21(17)24-28(25,26)20-9-7-19(27-2)8-10-20/h3-14,24H,1-2H3. The molecule has 0 bridgehead atoms. The van der Waals surface area contributed by atoms with Crippen molar-refractivity contribution in [3.63, 3.8) is 0 Å². The van der Waals surface area contributed by atoms with Gasteiger partial charge in [-0.3, -0.25) is 9.71 Å². The van der Waals surface area contributed by atoms with Gasteiger partial charge >= 0.3 is 0 Å². The number of methoxy groups -OCH3 is 1. The van der Waals surface area contributed by atoms with E-state index in [9.17, 15) is 8.42 Å². The van der Waals surface area contributed by atoms with Gasteiger partial charge in [0.2, 0.25) is 0 Å². The van der Waals surface area contributed by atoms with Gasteiger partial charge in [0, 0.05) is 16.9 Å². The summed E-state index contributed by atoms with van der Waals surface area (Å²) >= 11 is 6.09. The van der Waals surface area contributed by atoms with Crippen LogP contribution in [0.4, 0.5) is 5.69 Å². The molecular weight excluding hydrogens is 396 g/mol. The van der Waals surface area contributed by atoms with Crippen molar-refractivity contribution < 1.29 is 13.2 Å². The Morgan fingerprint density at radius 2 is 1.79 bits per heavy atom. The van der Waals surface area contributed by atoms with Gasteiger partial charge in [0.15, 0.2) is 0 Å². The zero-order chi connectivity index (χ0) is 20.1. The molecule has 0 spiro atoms. The number of hydrogen-bond donors (Lipinski definition) is 1. The van der Waals surface area contributed by atoms with Crippen LogP contribution in [0.3, 0.4) is 0 Å².